The van der Waals surface area contributed by atoms with Crippen LogP contribution in [0, 0.1) is 0 Å². The van der Waals surface area contributed by atoms with Gasteiger partial charge in [0.15, 0.2) is 0 Å². The Bertz CT molecular complexity index is 662. The van der Waals surface area contributed by atoms with Crippen LogP contribution in [0.1, 0.15) is 22.7 Å². The van der Waals surface area contributed by atoms with Gasteiger partial charge in [0.05, 0.1) is 11.6 Å². The summed E-state index contributed by atoms with van der Waals surface area (Å²) in [6.07, 6.45) is 0.749. The van der Waals surface area contributed by atoms with Crippen molar-refractivity contribution in [1.82, 2.24) is 4.98 Å². The number of nitrogens with zero attached hydrogens (tertiary/aromatic N) is 1. The van der Waals surface area contributed by atoms with Crippen molar-refractivity contribution in [1.29, 1.82) is 0 Å². The molecule has 1 atom stereocenters. The topological polar surface area (TPSA) is 24.9 Å². The van der Waals surface area contributed by atoms with Crippen molar-refractivity contribution < 1.29 is 13.2 Å². The summed E-state index contributed by atoms with van der Waals surface area (Å²) in [6, 6.07) is 8.69. The van der Waals surface area contributed by atoms with Crippen molar-refractivity contribution in [3.63, 3.8) is 0 Å². The lowest BCUT2D eigenvalue weighted by Crippen LogP contribution is -2.18. The van der Waals surface area contributed by atoms with E-state index in [0.717, 1.165) is 11.6 Å². The summed E-state index contributed by atoms with van der Waals surface area (Å²) in [5, 5.41) is 3.03. The number of hydrogen-bond donors (Lipinski definition) is 1. The smallest absolute Gasteiger partial charge is 0.359 e. The Hall–Kier alpha value is -2.30. The van der Waals surface area contributed by atoms with Crippen molar-refractivity contribution in [2.75, 3.05) is 5.32 Å². The third kappa shape index (κ3) is 2.27. The minimum absolute atomic E-state index is 0.201. The lowest BCUT2D eigenvalue weighted by Gasteiger charge is -2.24. The van der Waals surface area contributed by atoms with Crippen LogP contribution in [-0.2, 0) is 6.18 Å². The molecule has 0 saturated carbocycles. The average molecular weight is 276 g/mol. The molecule has 1 aromatic heterocycles. The molecule has 5 heteroatoms. The Balaban J connectivity index is 2.01. The van der Waals surface area contributed by atoms with Gasteiger partial charge in [-0.25, -0.2) is 4.98 Å². The summed E-state index contributed by atoms with van der Waals surface area (Å²) in [5.41, 5.74) is 0.447. The van der Waals surface area contributed by atoms with Crippen molar-refractivity contribution >= 4 is 11.9 Å². The molecular weight excluding hydrogens is 265 g/mol. The lowest BCUT2D eigenvalue weighted by molar-refractivity contribution is -0.138. The first kappa shape index (κ1) is 12.7. The minimum Gasteiger partial charge on any atom is -0.359 e. The fourth-order valence-electron chi connectivity index (χ4n) is 2.28. The molecule has 1 N–H and O–H groups in total. The first-order valence-electron chi connectivity index (χ1n) is 6.11. The van der Waals surface area contributed by atoms with Crippen LogP contribution in [0.4, 0.5) is 19.0 Å². The Morgan fingerprint density at radius 3 is 2.65 bits per heavy atom. The molecule has 1 aliphatic heterocycles. The summed E-state index contributed by atoms with van der Waals surface area (Å²) in [5.74, 6) is 0.594. The highest BCUT2D eigenvalue weighted by molar-refractivity contribution is 5.68. The third-order valence-electron chi connectivity index (χ3n) is 3.20. The number of hydrogen-bond acceptors (Lipinski definition) is 2. The number of aromatic nitrogens is 1. The predicted octanol–water partition coefficient (Wildman–Crippen LogP) is 4.28. The number of fused-ring (bicyclic) bond motifs is 1. The van der Waals surface area contributed by atoms with Crippen LogP contribution in [0.2, 0.25) is 0 Å². The zero-order valence-electron chi connectivity index (χ0n) is 10.4. The van der Waals surface area contributed by atoms with Crippen LogP contribution in [-0.4, -0.2) is 4.98 Å². The van der Waals surface area contributed by atoms with Crippen LogP contribution >= 0.6 is 0 Å². The number of pyridine rings is 1. The first-order valence-corrected chi connectivity index (χ1v) is 6.11. The first-order chi connectivity index (χ1) is 9.55. The highest BCUT2D eigenvalue weighted by Gasteiger charge is 2.35. The predicted molar refractivity (Wildman–Crippen MR) is 71.1 cm³/mol. The van der Waals surface area contributed by atoms with Crippen LogP contribution in [0.15, 0.2) is 48.7 Å². The van der Waals surface area contributed by atoms with Gasteiger partial charge in [0.25, 0.3) is 0 Å². The van der Waals surface area contributed by atoms with Gasteiger partial charge in [-0.15, -0.1) is 0 Å². The molecule has 1 aromatic carbocycles. The number of anilines is 1. The zero-order valence-corrected chi connectivity index (χ0v) is 10.4. The van der Waals surface area contributed by atoms with Gasteiger partial charge in [-0.2, -0.15) is 13.2 Å². The fourth-order valence-corrected chi connectivity index (χ4v) is 2.28. The van der Waals surface area contributed by atoms with Gasteiger partial charge in [0, 0.05) is 11.8 Å². The highest BCUT2D eigenvalue weighted by atomic mass is 19.4. The molecule has 0 amide bonds. The van der Waals surface area contributed by atoms with Crippen molar-refractivity contribution in [2.45, 2.75) is 12.2 Å². The Kier molecular flexibility index (Phi) is 2.97. The summed E-state index contributed by atoms with van der Waals surface area (Å²) in [7, 11) is 0. The van der Waals surface area contributed by atoms with E-state index in [1.165, 1.54) is 12.1 Å². The number of benzene rings is 1. The van der Waals surface area contributed by atoms with Gasteiger partial charge in [0.1, 0.15) is 5.82 Å². The van der Waals surface area contributed by atoms with Gasteiger partial charge in [-0.05, 0) is 23.8 Å². The maximum Gasteiger partial charge on any atom is 0.416 e. The van der Waals surface area contributed by atoms with Crippen molar-refractivity contribution in [3.05, 3.63) is 65.4 Å². The van der Waals surface area contributed by atoms with E-state index in [2.05, 4.69) is 10.3 Å². The second-order valence-corrected chi connectivity index (χ2v) is 4.51. The van der Waals surface area contributed by atoms with Crippen molar-refractivity contribution in [3.8, 4) is 0 Å². The summed E-state index contributed by atoms with van der Waals surface area (Å²) in [4.78, 5) is 4.14. The molecule has 102 valence electrons. The summed E-state index contributed by atoms with van der Waals surface area (Å²) < 4.78 is 39.1. The molecular formula is C15H11F3N2. The second-order valence-electron chi connectivity index (χ2n) is 4.51. The largest absolute Gasteiger partial charge is 0.416 e. The van der Waals surface area contributed by atoms with Gasteiger partial charge < -0.3 is 5.32 Å². The number of nitrogens with one attached hydrogen (secondary N) is 1. The van der Waals surface area contributed by atoms with E-state index in [0.29, 0.717) is 5.82 Å². The Morgan fingerprint density at radius 1 is 1.05 bits per heavy atom. The third-order valence-corrected chi connectivity index (χ3v) is 3.20. The summed E-state index contributed by atoms with van der Waals surface area (Å²) >= 11 is 0. The van der Waals surface area contributed by atoms with Crippen LogP contribution in [0.3, 0.4) is 0 Å². The lowest BCUT2D eigenvalue weighted by atomic mass is 9.97. The molecule has 0 aliphatic carbocycles. The molecule has 0 saturated heterocycles. The standard InChI is InChI=1S/C15H11F3N2/c16-15(17,18)12-6-2-1-5-11(12)13-8-7-10-4-3-9-19-14(10)20-13/h1-9,13H,(H,19,20). The SMILES string of the molecule is FC(F)(F)c1ccccc1C1C=Cc2cccnc2N1. The Morgan fingerprint density at radius 2 is 1.85 bits per heavy atom. The molecule has 2 heterocycles. The maximum absolute atomic E-state index is 13.0. The number of rotatable bonds is 1. The van der Waals surface area contributed by atoms with E-state index in [1.807, 2.05) is 6.07 Å². The molecule has 20 heavy (non-hydrogen) atoms. The molecule has 0 spiro atoms. The van der Waals surface area contributed by atoms with Crippen LogP contribution < -0.4 is 5.32 Å². The zero-order chi connectivity index (χ0) is 14.2. The number of halogens is 3. The minimum atomic E-state index is -4.36. The summed E-state index contributed by atoms with van der Waals surface area (Å²) in [6.45, 7) is 0. The number of alkyl halides is 3. The van der Waals surface area contributed by atoms with E-state index in [4.69, 9.17) is 0 Å². The average Bonchev–Trinajstić information content (AvgIpc) is 2.46. The molecule has 2 nitrogen and oxygen atoms in total. The molecule has 0 bridgehead atoms. The van der Waals surface area contributed by atoms with Crippen molar-refractivity contribution in [2.24, 2.45) is 0 Å². The second kappa shape index (κ2) is 4.67. The van der Waals surface area contributed by atoms with E-state index in [9.17, 15) is 13.2 Å². The van der Waals surface area contributed by atoms with E-state index >= 15 is 0 Å². The molecule has 1 unspecified atom stereocenters. The van der Waals surface area contributed by atoms with E-state index in [-0.39, 0.29) is 5.56 Å². The quantitative estimate of drug-likeness (QED) is 0.840. The monoisotopic (exact) mass is 276 g/mol. The van der Waals surface area contributed by atoms with Gasteiger partial charge in [0.2, 0.25) is 0 Å². The molecule has 2 aromatic rings. The molecule has 3 rings (SSSR count). The van der Waals surface area contributed by atoms with Gasteiger partial charge in [-0.3, -0.25) is 0 Å². The van der Waals surface area contributed by atoms with Crippen LogP contribution in [0.25, 0.3) is 6.08 Å². The highest BCUT2D eigenvalue weighted by Crippen LogP contribution is 2.37. The Labute approximate surface area is 114 Å². The van der Waals surface area contributed by atoms with Gasteiger partial charge >= 0.3 is 6.18 Å². The normalized spacial score (nSPS) is 17.4. The molecule has 0 radical (unpaired) electrons. The fraction of sp³-hybridized carbons (Fsp3) is 0.133. The van der Waals surface area contributed by atoms with E-state index < -0.39 is 17.8 Å². The molecule has 1 aliphatic rings. The molecule has 0 fully saturated rings. The maximum atomic E-state index is 13.0. The van der Waals surface area contributed by atoms with E-state index in [1.54, 1.807) is 30.5 Å². The van der Waals surface area contributed by atoms with Gasteiger partial charge in [-0.1, -0.05) is 30.4 Å². The van der Waals surface area contributed by atoms with Crippen LogP contribution in [0.5, 0.6) is 0 Å².